The number of benzene rings is 1. The highest BCUT2D eigenvalue weighted by Gasteiger charge is 2.11. The first kappa shape index (κ1) is 20.4. The molecule has 0 aromatic heterocycles. The SMILES string of the molecule is COc1cc(CCl)c(OCCC(C)CCCC(C)C)cc1CCl. The molecule has 0 amide bonds. The Balaban J connectivity index is 2.53. The summed E-state index contributed by atoms with van der Waals surface area (Å²) in [5.74, 6) is 3.86. The van der Waals surface area contributed by atoms with E-state index in [0.717, 1.165) is 35.0 Å². The average Bonchev–Trinajstić information content (AvgIpc) is 2.53. The number of halogens is 2. The fraction of sp³-hybridized carbons (Fsp3) is 0.684. The third kappa shape index (κ3) is 7.22. The van der Waals surface area contributed by atoms with Crippen molar-refractivity contribution in [1.29, 1.82) is 0 Å². The van der Waals surface area contributed by atoms with Crippen molar-refractivity contribution in [1.82, 2.24) is 0 Å². The number of methoxy groups -OCH3 is 1. The van der Waals surface area contributed by atoms with Crippen LogP contribution in [-0.2, 0) is 11.8 Å². The van der Waals surface area contributed by atoms with Crippen LogP contribution >= 0.6 is 23.2 Å². The van der Waals surface area contributed by atoms with Crippen molar-refractivity contribution < 1.29 is 9.47 Å². The summed E-state index contributed by atoms with van der Waals surface area (Å²) < 4.78 is 11.3. The van der Waals surface area contributed by atoms with Crippen LogP contribution in [0, 0.1) is 11.8 Å². The van der Waals surface area contributed by atoms with Gasteiger partial charge < -0.3 is 9.47 Å². The molecule has 1 rings (SSSR count). The van der Waals surface area contributed by atoms with Crippen molar-refractivity contribution in [2.75, 3.05) is 13.7 Å². The Kier molecular flexibility index (Phi) is 9.81. The Morgan fingerprint density at radius 3 is 2.09 bits per heavy atom. The second-order valence-electron chi connectivity index (χ2n) is 6.61. The van der Waals surface area contributed by atoms with E-state index in [1.165, 1.54) is 19.3 Å². The van der Waals surface area contributed by atoms with Gasteiger partial charge in [0.05, 0.1) is 25.5 Å². The van der Waals surface area contributed by atoms with Crippen LogP contribution in [0.15, 0.2) is 12.1 Å². The summed E-state index contributed by atoms with van der Waals surface area (Å²) in [5, 5.41) is 0. The summed E-state index contributed by atoms with van der Waals surface area (Å²) in [7, 11) is 1.64. The van der Waals surface area contributed by atoms with E-state index in [9.17, 15) is 0 Å². The Morgan fingerprint density at radius 1 is 0.913 bits per heavy atom. The van der Waals surface area contributed by atoms with Crippen molar-refractivity contribution in [3.63, 3.8) is 0 Å². The van der Waals surface area contributed by atoms with E-state index in [1.54, 1.807) is 7.11 Å². The van der Waals surface area contributed by atoms with Crippen LogP contribution < -0.4 is 9.47 Å². The summed E-state index contributed by atoms with van der Waals surface area (Å²) in [6.45, 7) is 7.56. The molecule has 23 heavy (non-hydrogen) atoms. The molecule has 0 aliphatic carbocycles. The molecule has 0 saturated carbocycles. The third-order valence-corrected chi connectivity index (χ3v) is 4.67. The topological polar surface area (TPSA) is 18.5 Å². The monoisotopic (exact) mass is 360 g/mol. The molecule has 0 aliphatic rings. The van der Waals surface area contributed by atoms with Crippen molar-refractivity contribution in [2.24, 2.45) is 11.8 Å². The van der Waals surface area contributed by atoms with Crippen LogP contribution in [-0.4, -0.2) is 13.7 Å². The predicted molar refractivity (Wildman–Crippen MR) is 100 cm³/mol. The highest BCUT2D eigenvalue weighted by atomic mass is 35.5. The first-order valence-corrected chi connectivity index (χ1v) is 9.53. The minimum atomic E-state index is 0.397. The molecule has 1 aromatic rings. The largest absolute Gasteiger partial charge is 0.496 e. The van der Waals surface area contributed by atoms with Crippen molar-refractivity contribution in [3.8, 4) is 11.5 Å². The fourth-order valence-electron chi connectivity index (χ4n) is 2.57. The molecular weight excluding hydrogens is 331 g/mol. The normalized spacial score (nSPS) is 12.5. The number of hydrogen-bond donors (Lipinski definition) is 0. The van der Waals surface area contributed by atoms with Gasteiger partial charge in [-0.15, -0.1) is 23.2 Å². The molecule has 0 bridgehead atoms. The highest BCUT2D eigenvalue weighted by molar-refractivity contribution is 6.18. The van der Waals surface area contributed by atoms with E-state index in [2.05, 4.69) is 20.8 Å². The number of rotatable bonds is 11. The van der Waals surface area contributed by atoms with Gasteiger partial charge in [0.15, 0.2) is 0 Å². The maximum Gasteiger partial charge on any atom is 0.124 e. The van der Waals surface area contributed by atoms with E-state index in [4.69, 9.17) is 32.7 Å². The molecular formula is C19H30Cl2O2. The lowest BCUT2D eigenvalue weighted by Crippen LogP contribution is -2.06. The van der Waals surface area contributed by atoms with Crippen LogP contribution in [0.25, 0.3) is 0 Å². The first-order valence-electron chi connectivity index (χ1n) is 8.46. The summed E-state index contributed by atoms with van der Waals surface area (Å²) in [5.41, 5.74) is 1.88. The van der Waals surface area contributed by atoms with Crippen LogP contribution in [0.1, 0.15) is 57.6 Å². The van der Waals surface area contributed by atoms with Crippen LogP contribution in [0.4, 0.5) is 0 Å². The minimum Gasteiger partial charge on any atom is -0.496 e. The molecule has 0 fully saturated rings. The van der Waals surface area contributed by atoms with Crippen molar-refractivity contribution in [3.05, 3.63) is 23.3 Å². The zero-order valence-electron chi connectivity index (χ0n) is 14.8. The quantitative estimate of drug-likeness (QED) is 0.424. The van der Waals surface area contributed by atoms with E-state index in [-0.39, 0.29) is 0 Å². The molecule has 0 spiro atoms. The summed E-state index contributed by atoms with van der Waals surface area (Å²) in [4.78, 5) is 0. The molecule has 0 heterocycles. The van der Waals surface area contributed by atoms with E-state index >= 15 is 0 Å². The van der Waals surface area contributed by atoms with Gasteiger partial charge in [0.1, 0.15) is 11.5 Å². The molecule has 0 N–H and O–H groups in total. The maximum absolute atomic E-state index is 6.03. The Bertz CT molecular complexity index is 461. The maximum atomic E-state index is 6.03. The van der Waals surface area contributed by atoms with E-state index in [1.807, 2.05) is 12.1 Å². The third-order valence-electron chi connectivity index (χ3n) is 4.10. The standard InChI is InChI=1S/C19H30Cl2O2/c1-14(2)6-5-7-15(3)8-9-23-19-11-16(12-20)18(22-4)10-17(19)13-21/h10-11,14-15H,5-9,12-13H2,1-4H3. The van der Waals surface area contributed by atoms with Crippen LogP contribution in [0.3, 0.4) is 0 Å². The van der Waals surface area contributed by atoms with Gasteiger partial charge >= 0.3 is 0 Å². The van der Waals surface area contributed by atoms with E-state index < -0.39 is 0 Å². The Hall–Kier alpha value is -0.600. The lowest BCUT2D eigenvalue weighted by molar-refractivity contribution is 0.273. The zero-order valence-corrected chi connectivity index (χ0v) is 16.3. The molecule has 1 unspecified atom stereocenters. The second kappa shape index (κ2) is 11.0. The molecule has 1 aromatic carbocycles. The lowest BCUT2D eigenvalue weighted by Gasteiger charge is -2.16. The van der Waals surface area contributed by atoms with Gasteiger partial charge in [0.2, 0.25) is 0 Å². The highest BCUT2D eigenvalue weighted by Crippen LogP contribution is 2.31. The smallest absolute Gasteiger partial charge is 0.124 e. The first-order chi connectivity index (χ1) is 11.0. The molecule has 132 valence electrons. The molecule has 2 nitrogen and oxygen atoms in total. The Morgan fingerprint density at radius 2 is 1.52 bits per heavy atom. The average molecular weight is 361 g/mol. The zero-order chi connectivity index (χ0) is 17.2. The van der Waals surface area contributed by atoms with Crippen molar-refractivity contribution >= 4 is 23.2 Å². The van der Waals surface area contributed by atoms with Gasteiger partial charge in [-0.1, -0.05) is 40.0 Å². The van der Waals surface area contributed by atoms with Gasteiger partial charge in [-0.3, -0.25) is 0 Å². The van der Waals surface area contributed by atoms with Gasteiger partial charge in [-0.05, 0) is 30.4 Å². The lowest BCUT2D eigenvalue weighted by atomic mass is 9.98. The van der Waals surface area contributed by atoms with E-state index in [0.29, 0.717) is 24.3 Å². The molecule has 4 heteroatoms. The van der Waals surface area contributed by atoms with Gasteiger partial charge in [0, 0.05) is 11.1 Å². The second-order valence-corrected chi connectivity index (χ2v) is 7.14. The van der Waals surface area contributed by atoms with Crippen LogP contribution in [0.2, 0.25) is 0 Å². The summed E-state index contributed by atoms with van der Waals surface area (Å²) in [6.07, 6.45) is 4.92. The van der Waals surface area contributed by atoms with Gasteiger partial charge in [-0.25, -0.2) is 0 Å². The number of hydrogen-bond acceptors (Lipinski definition) is 2. The predicted octanol–water partition coefficient (Wildman–Crippen LogP) is 6.40. The van der Waals surface area contributed by atoms with Gasteiger partial charge in [0.25, 0.3) is 0 Å². The molecule has 0 saturated heterocycles. The number of ether oxygens (including phenoxy) is 2. The minimum absolute atomic E-state index is 0.397. The summed E-state index contributed by atoms with van der Waals surface area (Å²) in [6, 6.07) is 3.87. The van der Waals surface area contributed by atoms with Crippen LogP contribution in [0.5, 0.6) is 11.5 Å². The molecule has 0 radical (unpaired) electrons. The number of alkyl halides is 2. The van der Waals surface area contributed by atoms with Gasteiger partial charge in [-0.2, -0.15) is 0 Å². The molecule has 1 atom stereocenters. The molecule has 0 aliphatic heterocycles. The van der Waals surface area contributed by atoms with Crippen molar-refractivity contribution in [2.45, 2.75) is 58.2 Å². The summed E-state index contributed by atoms with van der Waals surface area (Å²) >= 11 is 12.0. The fourth-order valence-corrected chi connectivity index (χ4v) is 2.98. The Labute approximate surface area is 151 Å².